The minimum Gasteiger partial charge on any atom is -0.383 e. The fraction of sp³-hybridized carbons (Fsp3) is 0.467. The number of hydrogen-bond donors (Lipinski definition) is 1. The molecule has 0 aromatic carbocycles. The molecule has 5 nitrogen and oxygen atoms in total. The fourth-order valence-corrected chi connectivity index (χ4v) is 2.13. The molecule has 0 saturated carbocycles. The van der Waals surface area contributed by atoms with Gasteiger partial charge in [0.1, 0.15) is 0 Å². The van der Waals surface area contributed by atoms with Crippen molar-refractivity contribution in [2.24, 2.45) is 0 Å². The van der Waals surface area contributed by atoms with E-state index in [1.807, 2.05) is 30.8 Å². The lowest BCUT2D eigenvalue weighted by atomic mass is 10.2. The molecule has 20 heavy (non-hydrogen) atoms. The van der Waals surface area contributed by atoms with Crippen LogP contribution >= 0.6 is 0 Å². The predicted octanol–water partition coefficient (Wildman–Crippen LogP) is 2.46. The molecule has 0 aliphatic heterocycles. The third kappa shape index (κ3) is 3.36. The molecular formula is C15H22N4O. The summed E-state index contributed by atoms with van der Waals surface area (Å²) >= 11 is 0. The van der Waals surface area contributed by atoms with Gasteiger partial charge in [-0.2, -0.15) is 5.10 Å². The van der Waals surface area contributed by atoms with Gasteiger partial charge in [-0.1, -0.05) is 6.07 Å². The first-order valence-electron chi connectivity index (χ1n) is 6.80. The number of nitrogens with one attached hydrogen (secondary N) is 1. The Morgan fingerprint density at radius 2 is 2.05 bits per heavy atom. The van der Waals surface area contributed by atoms with Crippen LogP contribution in [0, 0.1) is 20.8 Å². The van der Waals surface area contributed by atoms with Crippen molar-refractivity contribution in [3.8, 4) is 0 Å². The summed E-state index contributed by atoms with van der Waals surface area (Å²) in [5.74, 6) is 0. The molecule has 0 fully saturated rings. The van der Waals surface area contributed by atoms with Gasteiger partial charge in [-0.3, -0.25) is 9.67 Å². The van der Waals surface area contributed by atoms with E-state index < -0.39 is 0 Å². The van der Waals surface area contributed by atoms with Crippen molar-refractivity contribution in [2.75, 3.05) is 19.0 Å². The van der Waals surface area contributed by atoms with Crippen LogP contribution < -0.4 is 5.32 Å². The maximum atomic E-state index is 5.10. The standard InChI is InChI=1S/C15H22N4O/c1-11-5-6-14(16-9-11)10-17-15-12(2)18-19(13(15)3)7-8-20-4/h5-6,9,17H,7-8,10H2,1-4H3. The molecule has 0 aliphatic carbocycles. The maximum absolute atomic E-state index is 5.10. The first-order valence-corrected chi connectivity index (χ1v) is 6.80. The average molecular weight is 274 g/mol. The summed E-state index contributed by atoms with van der Waals surface area (Å²) < 4.78 is 7.08. The van der Waals surface area contributed by atoms with Gasteiger partial charge < -0.3 is 10.1 Å². The molecule has 0 atom stereocenters. The fourth-order valence-electron chi connectivity index (χ4n) is 2.13. The van der Waals surface area contributed by atoms with Gasteiger partial charge in [-0.25, -0.2) is 0 Å². The van der Waals surface area contributed by atoms with E-state index in [2.05, 4.69) is 28.4 Å². The highest BCUT2D eigenvalue weighted by molar-refractivity contribution is 5.52. The van der Waals surface area contributed by atoms with Crippen molar-refractivity contribution < 1.29 is 4.74 Å². The summed E-state index contributed by atoms with van der Waals surface area (Å²) in [6.45, 7) is 8.27. The highest BCUT2D eigenvalue weighted by Crippen LogP contribution is 2.20. The second-order valence-corrected chi connectivity index (χ2v) is 4.94. The first-order chi connectivity index (χ1) is 9.61. The van der Waals surface area contributed by atoms with Gasteiger partial charge in [0.15, 0.2) is 0 Å². The van der Waals surface area contributed by atoms with Gasteiger partial charge in [-0.05, 0) is 32.4 Å². The second-order valence-electron chi connectivity index (χ2n) is 4.94. The van der Waals surface area contributed by atoms with Crippen molar-refractivity contribution in [3.63, 3.8) is 0 Å². The van der Waals surface area contributed by atoms with Crippen LogP contribution in [0.3, 0.4) is 0 Å². The third-order valence-electron chi connectivity index (χ3n) is 3.31. The van der Waals surface area contributed by atoms with Crippen molar-refractivity contribution in [1.29, 1.82) is 0 Å². The Bertz CT molecular complexity index is 560. The van der Waals surface area contributed by atoms with Crippen LogP contribution in [0.4, 0.5) is 5.69 Å². The number of rotatable bonds is 6. The summed E-state index contributed by atoms with van der Waals surface area (Å²) in [6, 6.07) is 4.12. The van der Waals surface area contributed by atoms with Crippen LogP contribution in [0.15, 0.2) is 18.3 Å². The molecule has 5 heteroatoms. The topological polar surface area (TPSA) is 52.0 Å². The maximum Gasteiger partial charge on any atom is 0.0828 e. The van der Waals surface area contributed by atoms with E-state index in [0.29, 0.717) is 13.2 Å². The number of anilines is 1. The Kier molecular flexibility index (Phi) is 4.74. The van der Waals surface area contributed by atoms with Crippen LogP contribution in [0.5, 0.6) is 0 Å². The van der Waals surface area contributed by atoms with Gasteiger partial charge in [0.2, 0.25) is 0 Å². The smallest absolute Gasteiger partial charge is 0.0828 e. The molecular weight excluding hydrogens is 252 g/mol. The zero-order valence-electron chi connectivity index (χ0n) is 12.6. The quantitative estimate of drug-likeness (QED) is 0.879. The van der Waals surface area contributed by atoms with Crippen LogP contribution in [-0.2, 0) is 17.8 Å². The van der Waals surface area contributed by atoms with Crippen molar-refractivity contribution in [3.05, 3.63) is 41.0 Å². The Morgan fingerprint density at radius 1 is 1.25 bits per heavy atom. The largest absolute Gasteiger partial charge is 0.383 e. The van der Waals surface area contributed by atoms with Crippen LogP contribution in [-0.4, -0.2) is 28.5 Å². The molecule has 108 valence electrons. The molecule has 0 saturated heterocycles. The zero-order valence-corrected chi connectivity index (χ0v) is 12.6. The zero-order chi connectivity index (χ0) is 14.5. The number of methoxy groups -OCH3 is 1. The number of nitrogens with zero attached hydrogens (tertiary/aromatic N) is 3. The normalized spacial score (nSPS) is 10.8. The number of hydrogen-bond acceptors (Lipinski definition) is 4. The summed E-state index contributed by atoms with van der Waals surface area (Å²) in [7, 11) is 1.70. The third-order valence-corrected chi connectivity index (χ3v) is 3.31. The highest BCUT2D eigenvalue weighted by Gasteiger charge is 2.11. The Labute approximate surface area is 120 Å². The van der Waals surface area contributed by atoms with Crippen molar-refractivity contribution in [1.82, 2.24) is 14.8 Å². The summed E-state index contributed by atoms with van der Waals surface area (Å²) in [5, 5.41) is 7.95. The number of aryl methyl sites for hydroxylation is 2. The molecule has 2 heterocycles. The van der Waals surface area contributed by atoms with Gasteiger partial charge in [0, 0.05) is 13.3 Å². The van der Waals surface area contributed by atoms with Crippen molar-refractivity contribution >= 4 is 5.69 Å². The summed E-state index contributed by atoms with van der Waals surface area (Å²) in [4.78, 5) is 4.40. The molecule has 0 bridgehead atoms. The van der Waals surface area contributed by atoms with Gasteiger partial charge in [0.05, 0.1) is 42.5 Å². The van der Waals surface area contributed by atoms with Crippen LogP contribution in [0.1, 0.15) is 22.6 Å². The van der Waals surface area contributed by atoms with Crippen LogP contribution in [0.25, 0.3) is 0 Å². The Morgan fingerprint density at radius 3 is 2.70 bits per heavy atom. The highest BCUT2D eigenvalue weighted by atomic mass is 16.5. The molecule has 0 spiro atoms. The predicted molar refractivity (Wildman–Crippen MR) is 79.9 cm³/mol. The van der Waals surface area contributed by atoms with Gasteiger partial charge in [-0.15, -0.1) is 0 Å². The van der Waals surface area contributed by atoms with E-state index in [1.54, 1.807) is 7.11 Å². The average Bonchev–Trinajstić information content (AvgIpc) is 2.71. The van der Waals surface area contributed by atoms with Gasteiger partial charge in [0.25, 0.3) is 0 Å². The molecule has 0 unspecified atom stereocenters. The Hall–Kier alpha value is -1.88. The van der Waals surface area contributed by atoms with E-state index in [-0.39, 0.29) is 0 Å². The lowest BCUT2D eigenvalue weighted by Crippen LogP contribution is -2.08. The lowest BCUT2D eigenvalue weighted by molar-refractivity contribution is 0.182. The van der Waals surface area contributed by atoms with E-state index in [4.69, 9.17) is 4.74 Å². The number of aromatic nitrogens is 3. The van der Waals surface area contributed by atoms with Gasteiger partial charge >= 0.3 is 0 Å². The lowest BCUT2D eigenvalue weighted by Gasteiger charge is -2.07. The molecule has 2 rings (SSSR count). The second kappa shape index (κ2) is 6.52. The molecule has 0 radical (unpaired) electrons. The number of ether oxygens (including phenoxy) is 1. The van der Waals surface area contributed by atoms with Crippen molar-refractivity contribution in [2.45, 2.75) is 33.9 Å². The molecule has 0 amide bonds. The van der Waals surface area contributed by atoms with E-state index >= 15 is 0 Å². The Balaban J connectivity index is 2.05. The van der Waals surface area contributed by atoms with E-state index in [0.717, 1.165) is 29.3 Å². The van der Waals surface area contributed by atoms with E-state index in [1.165, 1.54) is 5.56 Å². The number of pyridine rings is 1. The first kappa shape index (κ1) is 14.5. The molecule has 2 aromatic rings. The monoisotopic (exact) mass is 274 g/mol. The SMILES string of the molecule is COCCn1nc(C)c(NCc2ccc(C)cn2)c1C. The minimum absolute atomic E-state index is 0.668. The molecule has 1 N–H and O–H groups in total. The molecule has 0 aliphatic rings. The summed E-state index contributed by atoms with van der Waals surface area (Å²) in [5.41, 5.74) is 5.42. The van der Waals surface area contributed by atoms with Crippen LogP contribution in [0.2, 0.25) is 0 Å². The van der Waals surface area contributed by atoms with E-state index in [9.17, 15) is 0 Å². The molecule has 2 aromatic heterocycles. The summed E-state index contributed by atoms with van der Waals surface area (Å²) in [6.07, 6.45) is 1.89. The minimum atomic E-state index is 0.668.